The van der Waals surface area contributed by atoms with Crippen LogP contribution in [0.1, 0.15) is 59.9 Å². The molecule has 7 nitrogen and oxygen atoms in total. The summed E-state index contributed by atoms with van der Waals surface area (Å²) in [6.07, 6.45) is 1.97. The summed E-state index contributed by atoms with van der Waals surface area (Å²) in [5.41, 5.74) is 2.70. The maximum Gasteiger partial charge on any atom is 0.326 e. The number of nitrogens with one attached hydrogen (secondary N) is 1. The third kappa shape index (κ3) is 5.69. The highest BCUT2D eigenvalue weighted by Gasteiger charge is 2.38. The number of carbonyl (C=O) groups excluding carboxylic acids is 2. The molecule has 0 bridgehead atoms. The van der Waals surface area contributed by atoms with Crippen LogP contribution in [0.3, 0.4) is 0 Å². The summed E-state index contributed by atoms with van der Waals surface area (Å²) in [4.78, 5) is 38.8. The highest BCUT2D eigenvalue weighted by Crippen LogP contribution is 2.32. The Labute approximate surface area is 221 Å². The predicted molar refractivity (Wildman–Crippen MR) is 143 cm³/mol. The van der Waals surface area contributed by atoms with Crippen molar-refractivity contribution in [3.63, 3.8) is 0 Å². The van der Waals surface area contributed by atoms with Gasteiger partial charge in [0.1, 0.15) is 17.6 Å². The summed E-state index contributed by atoms with van der Waals surface area (Å²) in [5, 5.41) is 12.2. The number of carbonyl (C=O) groups is 3. The van der Waals surface area contributed by atoms with Crippen molar-refractivity contribution in [2.45, 2.75) is 46.2 Å². The van der Waals surface area contributed by atoms with Crippen LogP contribution < -0.4 is 10.1 Å². The van der Waals surface area contributed by atoms with Gasteiger partial charge in [-0.05, 0) is 71.5 Å². The molecule has 0 aromatic heterocycles. The SMILES string of the molecule is CCCCOc1ccc(C(=O)Nc2ccc(-c3ccc4c(c3)C(=O)N(C(C(=O)O)C(C)C)C4)cc2F)cc1. The van der Waals surface area contributed by atoms with E-state index in [9.17, 15) is 23.9 Å². The van der Waals surface area contributed by atoms with Crippen LogP contribution in [-0.2, 0) is 11.3 Å². The number of hydrogen-bond acceptors (Lipinski definition) is 4. The van der Waals surface area contributed by atoms with Crippen LogP contribution in [0.15, 0.2) is 60.7 Å². The zero-order valence-corrected chi connectivity index (χ0v) is 21.7. The van der Waals surface area contributed by atoms with Crippen LogP contribution in [0.25, 0.3) is 11.1 Å². The van der Waals surface area contributed by atoms with Gasteiger partial charge in [-0.1, -0.05) is 45.4 Å². The highest BCUT2D eigenvalue weighted by atomic mass is 19.1. The van der Waals surface area contributed by atoms with E-state index >= 15 is 0 Å². The monoisotopic (exact) mass is 518 g/mol. The van der Waals surface area contributed by atoms with E-state index in [1.165, 1.54) is 17.0 Å². The van der Waals surface area contributed by atoms with Gasteiger partial charge >= 0.3 is 5.97 Å². The number of rotatable bonds is 10. The second kappa shape index (κ2) is 11.5. The minimum atomic E-state index is -1.04. The number of benzene rings is 3. The molecule has 3 aromatic rings. The molecule has 3 aromatic carbocycles. The first-order valence-corrected chi connectivity index (χ1v) is 12.7. The van der Waals surface area contributed by atoms with Crippen LogP contribution in [0, 0.1) is 11.7 Å². The van der Waals surface area contributed by atoms with Gasteiger partial charge in [0.2, 0.25) is 0 Å². The third-order valence-electron chi connectivity index (χ3n) is 6.60. The van der Waals surface area contributed by atoms with Gasteiger partial charge in [0.05, 0.1) is 12.3 Å². The van der Waals surface area contributed by atoms with Crippen LogP contribution in [0.5, 0.6) is 5.75 Å². The van der Waals surface area contributed by atoms with Crippen molar-refractivity contribution in [1.82, 2.24) is 4.90 Å². The lowest BCUT2D eigenvalue weighted by Crippen LogP contribution is -2.44. The number of fused-ring (bicyclic) bond motifs is 1. The van der Waals surface area contributed by atoms with Gasteiger partial charge in [-0.3, -0.25) is 9.59 Å². The third-order valence-corrected chi connectivity index (χ3v) is 6.60. The second-order valence-electron chi connectivity index (χ2n) is 9.71. The summed E-state index contributed by atoms with van der Waals surface area (Å²) in [6.45, 7) is 6.43. The molecule has 0 saturated heterocycles. The Balaban J connectivity index is 1.47. The fraction of sp³-hybridized carbons (Fsp3) is 0.300. The molecular formula is C30H31FN2O5. The number of unbranched alkanes of at least 4 members (excludes halogenated alkanes) is 1. The topological polar surface area (TPSA) is 95.9 Å². The summed E-state index contributed by atoms with van der Waals surface area (Å²) >= 11 is 0. The first kappa shape index (κ1) is 26.9. The Kier molecular flexibility index (Phi) is 8.10. The van der Waals surface area contributed by atoms with E-state index in [1.54, 1.807) is 62.4 Å². The molecule has 1 aliphatic heterocycles. The van der Waals surface area contributed by atoms with E-state index in [1.807, 2.05) is 0 Å². The molecule has 0 fully saturated rings. The Hall–Kier alpha value is -4.20. The molecule has 0 radical (unpaired) electrons. The number of carboxylic acid groups (broad SMARTS) is 1. The standard InChI is InChI=1S/C30H31FN2O5/c1-4-5-14-38-23-11-8-19(9-12-23)28(34)32-26-13-10-21(16-25(26)31)20-6-7-22-17-33(29(35)24(22)15-20)27(18(2)3)30(36)37/h6-13,15-16,18,27H,4-5,14,17H2,1-3H3,(H,32,34)(H,36,37). The van der Waals surface area contributed by atoms with Crippen molar-refractivity contribution < 1.29 is 28.6 Å². The maximum atomic E-state index is 15.0. The molecule has 2 amide bonds. The first-order valence-electron chi connectivity index (χ1n) is 12.7. The molecule has 2 N–H and O–H groups in total. The number of hydrogen-bond donors (Lipinski definition) is 2. The summed E-state index contributed by atoms with van der Waals surface area (Å²) in [6, 6.07) is 15.4. The molecule has 1 unspecified atom stereocenters. The number of ether oxygens (including phenoxy) is 1. The second-order valence-corrected chi connectivity index (χ2v) is 9.71. The molecule has 4 rings (SSSR count). The van der Waals surface area contributed by atoms with E-state index < -0.39 is 23.7 Å². The molecule has 198 valence electrons. The Morgan fingerprint density at radius 1 is 1.05 bits per heavy atom. The van der Waals surface area contributed by atoms with Crippen LogP contribution in [0.4, 0.5) is 10.1 Å². The zero-order valence-electron chi connectivity index (χ0n) is 21.7. The fourth-order valence-corrected chi connectivity index (χ4v) is 4.53. The van der Waals surface area contributed by atoms with Gasteiger partial charge < -0.3 is 20.1 Å². The normalized spacial score (nSPS) is 13.4. The van der Waals surface area contributed by atoms with Gasteiger partial charge in [0.15, 0.2) is 0 Å². The highest BCUT2D eigenvalue weighted by molar-refractivity contribution is 6.04. The minimum Gasteiger partial charge on any atom is -0.494 e. The zero-order chi connectivity index (χ0) is 27.4. The Bertz CT molecular complexity index is 1350. The number of halogens is 1. The summed E-state index contributed by atoms with van der Waals surface area (Å²) in [7, 11) is 0. The number of amides is 2. The number of anilines is 1. The van der Waals surface area contributed by atoms with E-state index in [-0.39, 0.29) is 24.1 Å². The first-order chi connectivity index (χ1) is 18.2. The molecule has 38 heavy (non-hydrogen) atoms. The van der Waals surface area contributed by atoms with Crippen LogP contribution in [-0.4, -0.2) is 40.4 Å². The van der Waals surface area contributed by atoms with Gasteiger partial charge in [0.25, 0.3) is 11.8 Å². The summed E-state index contributed by atoms with van der Waals surface area (Å²) in [5.74, 6) is -2.04. The van der Waals surface area contributed by atoms with Crippen LogP contribution >= 0.6 is 0 Å². The van der Waals surface area contributed by atoms with Gasteiger partial charge in [-0.2, -0.15) is 0 Å². The van der Waals surface area contributed by atoms with Gasteiger partial charge in [0, 0.05) is 17.7 Å². The lowest BCUT2D eigenvalue weighted by atomic mass is 10.00. The van der Waals surface area contributed by atoms with Crippen molar-refractivity contribution in [3.8, 4) is 16.9 Å². The van der Waals surface area contributed by atoms with Crippen molar-refractivity contribution in [2.75, 3.05) is 11.9 Å². The predicted octanol–water partition coefficient (Wildman–Crippen LogP) is 5.99. The average molecular weight is 519 g/mol. The molecule has 8 heteroatoms. The van der Waals surface area contributed by atoms with Crippen molar-refractivity contribution >= 4 is 23.5 Å². The van der Waals surface area contributed by atoms with E-state index in [0.29, 0.717) is 34.6 Å². The quantitative estimate of drug-likeness (QED) is 0.322. The Morgan fingerprint density at radius 3 is 2.37 bits per heavy atom. The molecule has 1 heterocycles. The van der Waals surface area contributed by atoms with Gasteiger partial charge in [-0.25, -0.2) is 9.18 Å². The molecular weight excluding hydrogens is 487 g/mol. The maximum absolute atomic E-state index is 15.0. The van der Waals surface area contributed by atoms with Crippen molar-refractivity contribution in [2.24, 2.45) is 5.92 Å². The number of aliphatic carboxylic acids is 1. The molecule has 0 aliphatic carbocycles. The van der Waals surface area contributed by atoms with Crippen LogP contribution in [0.2, 0.25) is 0 Å². The lowest BCUT2D eigenvalue weighted by Gasteiger charge is -2.27. The van der Waals surface area contributed by atoms with Gasteiger partial charge in [-0.15, -0.1) is 0 Å². The number of carboxylic acids is 1. The number of nitrogens with zero attached hydrogens (tertiary/aromatic N) is 1. The molecule has 1 atom stereocenters. The van der Waals surface area contributed by atoms with E-state index in [0.717, 1.165) is 18.4 Å². The smallest absolute Gasteiger partial charge is 0.326 e. The summed E-state index contributed by atoms with van der Waals surface area (Å²) < 4.78 is 20.6. The van der Waals surface area contributed by atoms with E-state index in [4.69, 9.17) is 4.74 Å². The minimum absolute atomic E-state index is 0.0340. The Morgan fingerprint density at radius 2 is 1.74 bits per heavy atom. The molecule has 0 saturated carbocycles. The largest absolute Gasteiger partial charge is 0.494 e. The molecule has 0 spiro atoms. The fourth-order valence-electron chi connectivity index (χ4n) is 4.53. The van der Waals surface area contributed by atoms with Crippen molar-refractivity contribution in [1.29, 1.82) is 0 Å². The lowest BCUT2D eigenvalue weighted by molar-refractivity contribution is -0.144. The average Bonchev–Trinajstić information content (AvgIpc) is 3.20. The van der Waals surface area contributed by atoms with E-state index in [2.05, 4.69) is 12.2 Å². The van der Waals surface area contributed by atoms with Crippen molar-refractivity contribution in [3.05, 3.63) is 83.2 Å². The molecule has 1 aliphatic rings.